The van der Waals surface area contributed by atoms with Crippen molar-refractivity contribution in [2.45, 2.75) is 13.3 Å². The fourth-order valence-electron chi connectivity index (χ4n) is 1.70. The number of likely N-dealkylation sites (N-methyl/N-ethyl adjacent to an activating group) is 1. The minimum Gasteiger partial charge on any atom is -0.478 e. The molecule has 0 unspecified atom stereocenters. The van der Waals surface area contributed by atoms with Gasteiger partial charge in [0, 0.05) is 32.9 Å². The first kappa shape index (κ1) is 16.7. The van der Waals surface area contributed by atoms with E-state index in [1.165, 1.54) is 6.08 Å². The van der Waals surface area contributed by atoms with Gasteiger partial charge in [-0.25, -0.2) is 9.78 Å². The normalized spacial score (nSPS) is 10.6. The van der Waals surface area contributed by atoms with Crippen molar-refractivity contribution in [2.75, 3.05) is 32.1 Å². The van der Waals surface area contributed by atoms with Gasteiger partial charge in [-0.3, -0.25) is 4.79 Å². The van der Waals surface area contributed by atoms with Crippen LogP contribution in [0.15, 0.2) is 24.4 Å². The number of aliphatic carboxylic acids is 1. The molecule has 1 aromatic rings. The average Bonchev–Trinajstić information content (AvgIpc) is 2.45. The topological polar surface area (TPSA) is 73.7 Å². The molecule has 0 aliphatic carbocycles. The van der Waals surface area contributed by atoms with Gasteiger partial charge in [-0.1, -0.05) is 6.92 Å². The maximum absolute atomic E-state index is 11.8. The van der Waals surface area contributed by atoms with Gasteiger partial charge in [0.2, 0.25) is 5.91 Å². The highest BCUT2D eigenvalue weighted by molar-refractivity contribution is 5.85. The van der Waals surface area contributed by atoms with Crippen LogP contribution in [0.25, 0.3) is 6.08 Å². The van der Waals surface area contributed by atoms with E-state index in [-0.39, 0.29) is 12.5 Å². The van der Waals surface area contributed by atoms with Crippen LogP contribution in [-0.2, 0) is 9.59 Å². The number of anilines is 1. The van der Waals surface area contributed by atoms with Crippen molar-refractivity contribution in [1.82, 2.24) is 9.88 Å². The van der Waals surface area contributed by atoms with Crippen LogP contribution in [0, 0.1) is 0 Å². The second-order valence-corrected chi connectivity index (χ2v) is 4.83. The first-order valence-electron chi connectivity index (χ1n) is 6.76. The molecule has 0 bridgehead atoms. The Bertz CT molecular complexity index is 509. The molecule has 0 atom stereocenters. The summed E-state index contributed by atoms with van der Waals surface area (Å²) in [5, 5.41) is 8.58. The summed E-state index contributed by atoms with van der Waals surface area (Å²) in [7, 11) is 3.44. The Hall–Kier alpha value is -2.37. The maximum Gasteiger partial charge on any atom is 0.328 e. The molecule has 0 saturated heterocycles. The summed E-state index contributed by atoms with van der Waals surface area (Å²) < 4.78 is 0. The van der Waals surface area contributed by atoms with Gasteiger partial charge in [0.25, 0.3) is 0 Å². The predicted octanol–water partition coefficient (Wildman–Crippen LogP) is 1.48. The van der Waals surface area contributed by atoms with Crippen molar-refractivity contribution >= 4 is 23.8 Å². The number of hydrogen-bond acceptors (Lipinski definition) is 4. The van der Waals surface area contributed by atoms with Crippen LogP contribution in [0.5, 0.6) is 0 Å². The minimum absolute atomic E-state index is 0.0140. The van der Waals surface area contributed by atoms with Crippen LogP contribution < -0.4 is 4.90 Å². The smallest absolute Gasteiger partial charge is 0.328 e. The van der Waals surface area contributed by atoms with Crippen LogP contribution in [0.1, 0.15) is 18.9 Å². The molecule has 6 nitrogen and oxygen atoms in total. The van der Waals surface area contributed by atoms with Crippen molar-refractivity contribution in [3.8, 4) is 0 Å². The van der Waals surface area contributed by atoms with E-state index in [1.807, 2.05) is 11.8 Å². The highest BCUT2D eigenvalue weighted by Gasteiger charge is 2.13. The SMILES string of the molecule is CCCN(CC(=O)N(C)C)c1ccc(/C=C/C(=O)O)cn1. The fraction of sp³-hybridized carbons (Fsp3) is 0.400. The summed E-state index contributed by atoms with van der Waals surface area (Å²) >= 11 is 0. The molecule has 1 N–H and O–H groups in total. The number of carbonyl (C=O) groups is 2. The third-order valence-electron chi connectivity index (χ3n) is 2.83. The highest BCUT2D eigenvalue weighted by Crippen LogP contribution is 2.13. The molecule has 0 saturated carbocycles. The fourth-order valence-corrected chi connectivity index (χ4v) is 1.70. The van der Waals surface area contributed by atoms with Crippen LogP contribution >= 0.6 is 0 Å². The van der Waals surface area contributed by atoms with Gasteiger partial charge < -0.3 is 14.9 Å². The van der Waals surface area contributed by atoms with Crippen LogP contribution in [0.3, 0.4) is 0 Å². The summed E-state index contributed by atoms with van der Waals surface area (Å²) in [5.41, 5.74) is 0.705. The lowest BCUT2D eigenvalue weighted by molar-refractivity contribution is -0.131. The molecular formula is C15H21N3O3. The van der Waals surface area contributed by atoms with E-state index in [2.05, 4.69) is 4.98 Å². The quantitative estimate of drug-likeness (QED) is 0.770. The number of rotatable bonds is 7. The summed E-state index contributed by atoms with van der Waals surface area (Å²) in [4.78, 5) is 30.0. The van der Waals surface area contributed by atoms with Gasteiger partial charge >= 0.3 is 5.97 Å². The van der Waals surface area contributed by atoms with E-state index in [4.69, 9.17) is 5.11 Å². The number of carboxylic acid groups (broad SMARTS) is 1. The molecule has 0 fully saturated rings. The van der Waals surface area contributed by atoms with E-state index in [0.29, 0.717) is 11.4 Å². The molecule has 6 heteroatoms. The molecule has 0 aliphatic heterocycles. The van der Waals surface area contributed by atoms with Crippen LogP contribution in [-0.4, -0.2) is 54.1 Å². The van der Waals surface area contributed by atoms with E-state index in [1.54, 1.807) is 37.3 Å². The standard InChI is InChI=1S/C15H21N3O3/c1-4-9-18(11-14(19)17(2)3)13-7-5-12(10-16-13)6-8-15(20)21/h5-8,10H,4,9,11H2,1-3H3,(H,20,21)/b8-6+. The summed E-state index contributed by atoms with van der Waals surface area (Å²) in [6.07, 6.45) is 5.05. The van der Waals surface area contributed by atoms with Gasteiger partial charge in [0.05, 0.1) is 6.54 Å². The summed E-state index contributed by atoms with van der Waals surface area (Å²) in [5.74, 6) is -0.275. The van der Waals surface area contributed by atoms with E-state index >= 15 is 0 Å². The lowest BCUT2D eigenvalue weighted by atomic mass is 10.2. The zero-order valence-corrected chi connectivity index (χ0v) is 12.6. The Labute approximate surface area is 124 Å². The zero-order chi connectivity index (χ0) is 15.8. The molecule has 21 heavy (non-hydrogen) atoms. The summed E-state index contributed by atoms with van der Waals surface area (Å²) in [6.45, 7) is 3.05. The molecule has 1 amide bonds. The first-order valence-corrected chi connectivity index (χ1v) is 6.76. The largest absolute Gasteiger partial charge is 0.478 e. The second-order valence-electron chi connectivity index (χ2n) is 4.83. The van der Waals surface area contributed by atoms with Crippen LogP contribution in [0.2, 0.25) is 0 Å². The average molecular weight is 291 g/mol. The molecule has 0 spiro atoms. The number of nitrogens with zero attached hydrogens (tertiary/aromatic N) is 3. The summed E-state index contributed by atoms with van der Waals surface area (Å²) in [6, 6.07) is 3.57. The highest BCUT2D eigenvalue weighted by atomic mass is 16.4. The molecule has 114 valence electrons. The van der Waals surface area contributed by atoms with Gasteiger partial charge in [-0.15, -0.1) is 0 Å². The predicted molar refractivity (Wildman–Crippen MR) is 82.1 cm³/mol. The molecular weight excluding hydrogens is 270 g/mol. The van der Waals surface area contributed by atoms with Gasteiger partial charge in [0.15, 0.2) is 0 Å². The number of aromatic nitrogens is 1. The Morgan fingerprint density at radius 1 is 1.33 bits per heavy atom. The van der Waals surface area contributed by atoms with Gasteiger partial charge in [0.1, 0.15) is 5.82 Å². The third-order valence-corrected chi connectivity index (χ3v) is 2.83. The molecule has 1 heterocycles. The monoisotopic (exact) mass is 291 g/mol. The molecule has 1 aromatic heterocycles. The number of hydrogen-bond donors (Lipinski definition) is 1. The van der Waals surface area contributed by atoms with E-state index in [9.17, 15) is 9.59 Å². The van der Waals surface area contributed by atoms with Crippen molar-refractivity contribution in [3.05, 3.63) is 30.0 Å². The lowest BCUT2D eigenvalue weighted by Crippen LogP contribution is -2.37. The Morgan fingerprint density at radius 2 is 2.05 bits per heavy atom. The number of amides is 1. The minimum atomic E-state index is -0.997. The van der Waals surface area contributed by atoms with Crippen LogP contribution in [0.4, 0.5) is 5.82 Å². The molecule has 0 aromatic carbocycles. The van der Waals surface area contributed by atoms with E-state index < -0.39 is 5.97 Å². The molecule has 0 radical (unpaired) electrons. The Balaban J connectivity index is 2.84. The number of carboxylic acids is 1. The van der Waals surface area contributed by atoms with Gasteiger partial charge in [-0.2, -0.15) is 0 Å². The Morgan fingerprint density at radius 3 is 2.52 bits per heavy atom. The molecule has 1 rings (SSSR count). The molecule has 0 aliphatic rings. The zero-order valence-electron chi connectivity index (χ0n) is 12.6. The third kappa shape index (κ3) is 5.64. The van der Waals surface area contributed by atoms with E-state index in [0.717, 1.165) is 19.0 Å². The lowest BCUT2D eigenvalue weighted by Gasteiger charge is -2.24. The van der Waals surface area contributed by atoms with Crippen molar-refractivity contribution in [1.29, 1.82) is 0 Å². The van der Waals surface area contributed by atoms with Crippen molar-refractivity contribution in [2.24, 2.45) is 0 Å². The number of pyridine rings is 1. The maximum atomic E-state index is 11.8. The van der Waals surface area contributed by atoms with Gasteiger partial charge in [-0.05, 0) is 30.2 Å². The van der Waals surface area contributed by atoms with Crippen molar-refractivity contribution < 1.29 is 14.7 Å². The second kappa shape index (κ2) is 8.04. The van der Waals surface area contributed by atoms with Crippen molar-refractivity contribution in [3.63, 3.8) is 0 Å². The number of carbonyl (C=O) groups excluding carboxylic acids is 1. The first-order chi connectivity index (χ1) is 9.93. The Kier molecular flexibility index (Phi) is 6.39.